The zero-order valence-corrected chi connectivity index (χ0v) is 9.85. The molecule has 1 unspecified atom stereocenters. The van der Waals surface area contributed by atoms with Gasteiger partial charge in [0.2, 0.25) is 0 Å². The Balaban J connectivity index is 1.94. The molecule has 1 aromatic rings. The van der Waals surface area contributed by atoms with E-state index in [0.717, 1.165) is 13.0 Å². The molecular formula is C13H13N3O2. The summed E-state index contributed by atoms with van der Waals surface area (Å²) < 4.78 is 5.49. The average Bonchev–Trinajstić information content (AvgIpc) is 2.97. The first-order valence-corrected chi connectivity index (χ1v) is 5.94. The number of rotatable bonds is 1. The van der Waals surface area contributed by atoms with E-state index in [2.05, 4.69) is 11.4 Å². The highest BCUT2D eigenvalue weighted by Crippen LogP contribution is 2.33. The predicted molar refractivity (Wildman–Crippen MR) is 65.2 cm³/mol. The Kier molecular flexibility index (Phi) is 2.46. The second kappa shape index (κ2) is 4.00. The summed E-state index contributed by atoms with van der Waals surface area (Å²) in [5.74, 6) is 0. The highest BCUT2D eigenvalue weighted by Gasteiger charge is 2.47. The van der Waals surface area contributed by atoms with Crippen LogP contribution in [-0.2, 0) is 4.74 Å². The number of hydrogen-bond donors (Lipinski definition) is 1. The zero-order valence-electron chi connectivity index (χ0n) is 9.85. The Bertz CT molecular complexity index is 529. The Hall–Kier alpha value is -2.06. The number of nitrogens with one attached hydrogen (secondary N) is 1. The summed E-state index contributed by atoms with van der Waals surface area (Å²) in [7, 11) is 0. The minimum atomic E-state index is -0.417. The van der Waals surface area contributed by atoms with Crippen molar-refractivity contribution in [2.24, 2.45) is 0 Å². The van der Waals surface area contributed by atoms with E-state index >= 15 is 0 Å². The van der Waals surface area contributed by atoms with Gasteiger partial charge in [-0.2, -0.15) is 5.26 Å². The minimum Gasteiger partial charge on any atom is -0.439 e. The van der Waals surface area contributed by atoms with Crippen molar-refractivity contribution in [2.45, 2.75) is 12.0 Å². The van der Waals surface area contributed by atoms with Crippen molar-refractivity contribution in [2.75, 3.05) is 24.5 Å². The van der Waals surface area contributed by atoms with Crippen LogP contribution in [0.3, 0.4) is 0 Å². The van der Waals surface area contributed by atoms with Gasteiger partial charge >= 0.3 is 6.09 Å². The lowest BCUT2D eigenvalue weighted by Gasteiger charge is -2.19. The Morgan fingerprint density at radius 3 is 3.00 bits per heavy atom. The number of nitriles is 1. The maximum atomic E-state index is 12.0. The molecule has 2 saturated heterocycles. The van der Waals surface area contributed by atoms with Crippen molar-refractivity contribution < 1.29 is 9.53 Å². The number of carbonyl (C=O) groups excluding carboxylic acids is 1. The van der Waals surface area contributed by atoms with Crippen molar-refractivity contribution >= 4 is 11.8 Å². The number of anilines is 1. The molecular weight excluding hydrogens is 230 g/mol. The van der Waals surface area contributed by atoms with Gasteiger partial charge in [0, 0.05) is 13.0 Å². The van der Waals surface area contributed by atoms with Gasteiger partial charge in [0.1, 0.15) is 11.7 Å². The quantitative estimate of drug-likeness (QED) is 0.806. The third kappa shape index (κ3) is 1.62. The number of carbonyl (C=O) groups is 1. The molecule has 1 N–H and O–H groups in total. The minimum absolute atomic E-state index is 0.360. The SMILES string of the molecule is N#Cc1ccccc1N1CC2(CCNC2)OC1=O. The monoisotopic (exact) mass is 243 g/mol. The van der Waals surface area contributed by atoms with Gasteiger partial charge in [-0.25, -0.2) is 4.79 Å². The molecule has 1 spiro atoms. The van der Waals surface area contributed by atoms with Gasteiger partial charge in [0.05, 0.1) is 17.8 Å². The number of ether oxygens (including phenoxy) is 1. The van der Waals surface area contributed by atoms with Crippen LogP contribution in [0.15, 0.2) is 24.3 Å². The molecule has 3 rings (SSSR count). The molecule has 1 atom stereocenters. The van der Waals surface area contributed by atoms with Crippen molar-refractivity contribution in [3.63, 3.8) is 0 Å². The van der Waals surface area contributed by atoms with Crippen LogP contribution >= 0.6 is 0 Å². The molecule has 5 heteroatoms. The van der Waals surface area contributed by atoms with Crippen LogP contribution in [0.1, 0.15) is 12.0 Å². The molecule has 92 valence electrons. The molecule has 2 heterocycles. The molecule has 0 bridgehead atoms. The third-order valence-electron chi connectivity index (χ3n) is 3.49. The van der Waals surface area contributed by atoms with Crippen molar-refractivity contribution in [1.82, 2.24) is 5.32 Å². The van der Waals surface area contributed by atoms with Gasteiger partial charge in [0.25, 0.3) is 0 Å². The lowest BCUT2D eigenvalue weighted by Crippen LogP contribution is -2.36. The molecule has 1 amide bonds. The predicted octanol–water partition coefficient (Wildman–Crippen LogP) is 1.25. The third-order valence-corrected chi connectivity index (χ3v) is 3.49. The second-order valence-corrected chi connectivity index (χ2v) is 4.69. The first-order valence-electron chi connectivity index (χ1n) is 5.94. The maximum absolute atomic E-state index is 12.0. The smallest absolute Gasteiger partial charge is 0.415 e. The molecule has 2 fully saturated rings. The molecule has 18 heavy (non-hydrogen) atoms. The summed E-state index contributed by atoms with van der Waals surface area (Å²) in [6.07, 6.45) is 0.464. The van der Waals surface area contributed by atoms with E-state index in [1.165, 1.54) is 0 Å². The first-order chi connectivity index (χ1) is 8.74. The molecule has 0 aromatic heterocycles. The van der Waals surface area contributed by atoms with E-state index in [1.807, 2.05) is 6.07 Å². The highest BCUT2D eigenvalue weighted by molar-refractivity contribution is 5.92. The number of benzene rings is 1. The van der Waals surface area contributed by atoms with Crippen LogP contribution in [0.25, 0.3) is 0 Å². The van der Waals surface area contributed by atoms with Crippen molar-refractivity contribution in [3.8, 4) is 6.07 Å². The molecule has 0 saturated carbocycles. The van der Waals surface area contributed by atoms with E-state index in [0.29, 0.717) is 24.3 Å². The fourth-order valence-electron chi connectivity index (χ4n) is 2.56. The molecule has 5 nitrogen and oxygen atoms in total. The van der Waals surface area contributed by atoms with Crippen LogP contribution in [0.2, 0.25) is 0 Å². The van der Waals surface area contributed by atoms with Gasteiger partial charge in [-0.15, -0.1) is 0 Å². The number of hydrogen-bond acceptors (Lipinski definition) is 4. The van der Waals surface area contributed by atoms with Gasteiger partial charge < -0.3 is 10.1 Å². The highest BCUT2D eigenvalue weighted by atomic mass is 16.6. The number of nitrogens with zero attached hydrogens (tertiary/aromatic N) is 2. The average molecular weight is 243 g/mol. The van der Waals surface area contributed by atoms with Crippen molar-refractivity contribution in [1.29, 1.82) is 5.26 Å². The van der Waals surface area contributed by atoms with Gasteiger partial charge in [0.15, 0.2) is 0 Å². The normalized spacial score (nSPS) is 26.4. The number of amides is 1. The Labute approximate surface area is 105 Å². The molecule has 2 aliphatic heterocycles. The molecule has 0 aliphatic carbocycles. The Morgan fingerprint density at radius 1 is 1.44 bits per heavy atom. The van der Waals surface area contributed by atoms with Crippen LogP contribution in [0.5, 0.6) is 0 Å². The van der Waals surface area contributed by atoms with E-state index in [9.17, 15) is 4.79 Å². The van der Waals surface area contributed by atoms with Gasteiger partial charge in [-0.05, 0) is 18.7 Å². The topological polar surface area (TPSA) is 65.4 Å². The summed E-state index contributed by atoms with van der Waals surface area (Å²) in [4.78, 5) is 13.5. The standard InChI is InChI=1S/C13H13N3O2/c14-7-10-3-1-2-4-11(10)16-9-13(18-12(16)17)5-6-15-8-13/h1-4,15H,5-6,8-9H2. The number of para-hydroxylation sites is 1. The van der Waals surface area contributed by atoms with Crippen LogP contribution < -0.4 is 10.2 Å². The fraction of sp³-hybridized carbons (Fsp3) is 0.385. The zero-order chi connectivity index (χ0) is 12.6. The van der Waals surface area contributed by atoms with E-state index in [1.54, 1.807) is 23.1 Å². The van der Waals surface area contributed by atoms with E-state index < -0.39 is 5.60 Å². The summed E-state index contributed by atoms with van der Waals surface area (Å²) in [6, 6.07) is 9.20. The molecule has 0 radical (unpaired) electrons. The maximum Gasteiger partial charge on any atom is 0.415 e. The summed E-state index contributed by atoms with van der Waals surface area (Å²) in [5.41, 5.74) is 0.714. The Morgan fingerprint density at radius 2 is 2.28 bits per heavy atom. The largest absolute Gasteiger partial charge is 0.439 e. The van der Waals surface area contributed by atoms with E-state index in [4.69, 9.17) is 10.00 Å². The van der Waals surface area contributed by atoms with Crippen LogP contribution in [0.4, 0.5) is 10.5 Å². The second-order valence-electron chi connectivity index (χ2n) is 4.69. The summed E-state index contributed by atoms with van der Waals surface area (Å²) in [5, 5.41) is 12.3. The summed E-state index contributed by atoms with van der Waals surface area (Å²) in [6.45, 7) is 2.06. The van der Waals surface area contributed by atoms with Gasteiger partial charge in [-0.1, -0.05) is 12.1 Å². The van der Waals surface area contributed by atoms with Crippen molar-refractivity contribution in [3.05, 3.63) is 29.8 Å². The lowest BCUT2D eigenvalue weighted by atomic mass is 10.0. The van der Waals surface area contributed by atoms with Crippen LogP contribution in [0, 0.1) is 11.3 Å². The lowest BCUT2D eigenvalue weighted by molar-refractivity contribution is 0.0733. The van der Waals surface area contributed by atoms with Crippen LogP contribution in [-0.4, -0.2) is 31.3 Å². The first kappa shape index (κ1) is 11.1. The fourth-order valence-corrected chi connectivity index (χ4v) is 2.56. The molecule has 1 aromatic carbocycles. The molecule has 2 aliphatic rings. The van der Waals surface area contributed by atoms with Gasteiger partial charge in [-0.3, -0.25) is 4.90 Å². The summed E-state index contributed by atoms with van der Waals surface area (Å²) >= 11 is 0. The van der Waals surface area contributed by atoms with E-state index in [-0.39, 0.29) is 6.09 Å².